The molecule has 0 unspecified atom stereocenters. The number of ketones is 1. The monoisotopic (exact) mass is 261 g/mol. The Hall–Kier alpha value is -2.00. The van der Waals surface area contributed by atoms with E-state index in [-0.39, 0.29) is 22.8 Å². The minimum absolute atomic E-state index is 0.180. The zero-order chi connectivity index (χ0) is 13.3. The van der Waals surface area contributed by atoms with Crippen LogP contribution in [-0.4, -0.2) is 10.9 Å². The van der Waals surface area contributed by atoms with E-state index < -0.39 is 0 Å². The van der Waals surface area contributed by atoms with Crippen LogP contribution in [0.25, 0.3) is 0 Å². The predicted molar refractivity (Wildman–Crippen MR) is 72.1 cm³/mol. The number of hydrogen-bond acceptors (Lipinski definition) is 3. The molecule has 0 radical (unpaired) electrons. The zero-order valence-electron chi connectivity index (χ0n) is 9.77. The Labute approximate surface area is 110 Å². The van der Waals surface area contributed by atoms with Crippen LogP contribution in [0.2, 0.25) is 5.02 Å². The molecule has 0 aliphatic heterocycles. The smallest absolute Gasteiger partial charge is 0.196 e. The molecule has 0 saturated carbocycles. The molecule has 2 aromatic rings. The van der Waals surface area contributed by atoms with Gasteiger partial charge >= 0.3 is 0 Å². The third-order valence-electron chi connectivity index (χ3n) is 2.63. The van der Waals surface area contributed by atoms with Gasteiger partial charge in [0.05, 0.1) is 11.3 Å². The highest BCUT2D eigenvalue weighted by molar-refractivity contribution is 6.30. The summed E-state index contributed by atoms with van der Waals surface area (Å²) in [6.45, 7) is 1.81. The normalized spacial score (nSPS) is 10.3. The van der Waals surface area contributed by atoms with Crippen LogP contribution >= 0.6 is 11.6 Å². The molecule has 0 aliphatic rings. The van der Waals surface area contributed by atoms with Crippen molar-refractivity contribution in [3.8, 4) is 5.75 Å². The van der Waals surface area contributed by atoms with Gasteiger partial charge in [0.25, 0.3) is 0 Å². The van der Waals surface area contributed by atoms with Gasteiger partial charge in [-0.25, -0.2) is 0 Å². The Balaban J connectivity index is 2.49. The molecule has 0 fully saturated rings. The molecule has 18 heavy (non-hydrogen) atoms. The van der Waals surface area contributed by atoms with Crippen LogP contribution in [0.5, 0.6) is 5.75 Å². The molecule has 3 N–H and O–H groups in total. The number of aromatic hydroxyl groups is 1. The number of aryl methyl sites for hydroxylation is 1. The van der Waals surface area contributed by atoms with E-state index in [0.29, 0.717) is 10.6 Å². The molecule has 0 atom stereocenters. The molecule has 0 spiro atoms. The summed E-state index contributed by atoms with van der Waals surface area (Å²) in [6.07, 6.45) is 0. The highest BCUT2D eigenvalue weighted by Gasteiger charge is 2.16. The Morgan fingerprint density at radius 2 is 1.83 bits per heavy atom. The Kier molecular flexibility index (Phi) is 3.26. The quantitative estimate of drug-likeness (QED) is 0.496. The third-order valence-corrected chi connectivity index (χ3v) is 2.89. The first-order valence-electron chi connectivity index (χ1n) is 5.38. The molecule has 0 aromatic heterocycles. The second-order valence-corrected chi connectivity index (χ2v) is 4.52. The third kappa shape index (κ3) is 2.31. The van der Waals surface area contributed by atoms with Crippen LogP contribution in [0.4, 0.5) is 5.69 Å². The van der Waals surface area contributed by atoms with Gasteiger partial charge in [-0.05, 0) is 48.9 Å². The largest absolute Gasteiger partial charge is 0.505 e. The number of anilines is 1. The topological polar surface area (TPSA) is 63.3 Å². The number of hydrogen-bond donors (Lipinski definition) is 2. The summed E-state index contributed by atoms with van der Waals surface area (Å²) in [4.78, 5) is 12.2. The van der Waals surface area contributed by atoms with Crippen molar-refractivity contribution < 1.29 is 9.90 Å². The molecular weight excluding hydrogens is 250 g/mol. The SMILES string of the molecule is Cc1cc(N)c(O)c(C(=O)c2ccc(Cl)cc2)c1. The second kappa shape index (κ2) is 4.70. The van der Waals surface area contributed by atoms with Gasteiger partial charge in [0.2, 0.25) is 0 Å². The molecule has 0 heterocycles. The maximum absolute atomic E-state index is 12.2. The van der Waals surface area contributed by atoms with Gasteiger partial charge in [-0.3, -0.25) is 4.79 Å². The van der Waals surface area contributed by atoms with Crippen molar-refractivity contribution in [2.45, 2.75) is 6.92 Å². The molecule has 0 amide bonds. The van der Waals surface area contributed by atoms with E-state index in [1.165, 1.54) is 0 Å². The van der Waals surface area contributed by atoms with Gasteiger partial charge in [-0.2, -0.15) is 0 Å². The van der Waals surface area contributed by atoms with E-state index >= 15 is 0 Å². The summed E-state index contributed by atoms with van der Waals surface area (Å²) in [6, 6.07) is 9.72. The average Bonchev–Trinajstić information content (AvgIpc) is 2.34. The minimum atomic E-state index is -0.278. The summed E-state index contributed by atoms with van der Waals surface area (Å²) in [5, 5.41) is 10.4. The summed E-state index contributed by atoms with van der Waals surface area (Å²) in [5.74, 6) is -0.458. The van der Waals surface area contributed by atoms with Gasteiger partial charge < -0.3 is 10.8 Å². The van der Waals surface area contributed by atoms with Gasteiger partial charge in [-0.1, -0.05) is 11.6 Å². The highest BCUT2D eigenvalue weighted by atomic mass is 35.5. The van der Waals surface area contributed by atoms with E-state index in [9.17, 15) is 9.90 Å². The summed E-state index contributed by atoms with van der Waals surface area (Å²) < 4.78 is 0. The first-order chi connectivity index (χ1) is 8.49. The molecule has 0 bridgehead atoms. The van der Waals surface area contributed by atoms with Crippen LogP contribution in [0.15, 0.2) is 36.4 Å². The second-order valence-electron chi connectivity index (χ2n) is 4.09. The fourth-order valence-corrected chi connectivity index (χ4v) is 1.86. The van der Waals surface area contributed by atoms with E-state index in [0.717, 1.165) is 5.56 Å². The summed E-state index contributed by atoms with van der Waals surface area (Å²) in [7, 11) is 0. The number of rotatable bonds is 2. The number of phenols is 1. The number of halogens is 1. The van der Waals surface area contributed by atoms with Crippen molar-refractivity contribution in [1.82, 2.24) is 0 Å². The molecule has 92 valence electrons. The average molecular weight is 262 g/mol. The van der Waals surface area contributed by atoms with Gasteiger partial charge in [0.1, 0.15) is 5.75 Å². The van der Waals surface area contributed by atoms with Crippen molar-refractivity contribution >= 4 is 23.1 Å². The Morgan fingerprint density at radius 3 is 2.44 bits per heavy atom. The van der Waals surface area contributed by atoms with E-state index in [4.69, 9.17) is 17.3 Å². The summed E-state index contributed by atoms with van der Waals surface area (Å²) in [5.41, 5.74) is 7.32. The van der Waals surface area contributed by atoms with Crippen LogP contribution in [0, 0.1) is 6.92 Å². The lowest BCUT2D eigenvalue weighted by Gasteiger charge is -2.08. The lowest BCUT2D eigenvalue weighted by Crippen LogP contribution is -2.03. The van der Waals surface area contributed by atoms with Crippen molar-refractivity contribution in [2.75, 3.05) is 5.73 Å². The molecule has 0 aliphatic carbocycles. The van der Waals surface area contributed by atoms with Gasteiger partial charge in [0.15, 0.2) is 5.78 Å². The fourth-order valence-electron chi connectivity index (χ4n) is 1.74. The van der Waals surface area contributed by atoms with Crippen LogP contribution in [0.1, 0.15) is 21.5 Å². The minimum Gasteiger partial charge on any atom is -0.505 e. The van der Waals surface area contributed by atoms with E-state index in [2.05, 4.69) is 0 Å². The first kappa shape index (κ1) is 12.5. The molecule has 2 aromatic carbocycles. The molecule has 3 nitrogen and oxygen atoms in total. The van der Waals surface area contributed by atoms with Gasteiger partial charge in [0, 0.05) is 10.6 Å². The molecular formula is C14H12ClNO2. The number of carbonyl (C=O) groups excluding carboxylic acids is 1. The number of carbonyl (C=O) groups is 1. The van der Waals surface area contributed by atoms with E-state index in [1.807, 2.05) is 6.92 Å². The van der Waals surface area contributed by atoms with Crippen molar-refractivity contribution in [2.24, 2.45) is 0 Å². The van der Waals surface area contributed by atoms with Crippen molar-refractivity contribution in [3.63, 3.8) is 0 Å². The molecule has 2 rings (SSSR count). The lowest BCUT2D eigenvalue weighted by molar-refractivity contribution is 0.103. The maximum Gasteiger partial charge on any atom is 0.196 e. The molecule has 4 heteroatoms. The molecule has 0 saturated heterocycles. The van der Waals surface area contributed by atoms with Crippen molar-refractivity contribution in [3.05, 3.63) is 58.1 Å². The Morgan fingerprint density at radius 1 is 1.22 bits per heavy atom. The van der Waals surface area contributed by atoms with E-state index in [1.54, 1.807) is 36.4 Å². The summed E-state index contributed by atoms with van der Waals surface area (Å²) >= 11 is 5.76. The predicted octanol–water partition coefficient (Wildman–Crippen LogP) is 3.17. The van der Waals surface area contributed by atoms with Crippen LogP contribution in [0.3, 0.4) is 0 Å². The zero-order valence-corrected chi connectivity index (χ0v) is 10.5. The first-order valence-corrected chi connectivity index (χ1v) is 5.76. The fraction of sp³-hybridized carbons (Fsp3) is 0.0714. The van der Waals surface area contributed by atoms with Crippen molar-refractivity contribution in [1.29, 1.82) is 0 Å². The van der Waals surface area contributed by atoms with Crippen LogP contribution < -0.4 is 5.73 Å². The lowest BCUT2D eigenvalue weighted by atomic mass is 10.00. The standard InChI is InChI=1S/C14H12ClNO2/c1-8-6-11(14(18)12(16)7-8)13(17)9-2-4-10(15)5-3-9/h2-7,18H,16H2,1H3. The maximum atomic E-state index is 12.2. The van der Waals surface area contributed by atoms with Gasteiger partial charge in [-0.15, -0.1) is 0 Å². The number of phenolic OH excluding ortho intramolecular Hbond substituents is 1. The Bertz CT molecular complexity index is 606. The number of benzene rings is 2. The number of nitrogens with two attached hydrogens (primary N) is 1. The van der Waals surface area contributed by atoms with Crippen LogP contribution in [-0.2, 0) is 0 Å². The highest BCUT2D eigenvalue weighted by Crippen LogP contribution is 2.28. The number of nitrogen functional groups attached to an aromatic ring is 1.